The highest BCUT2D eigenvalue weighted by atomic mass is 16.2. The first-order chi connectivity index (χ1) is 7.59. The number of ketones is 1. The zero-order valence-corrected chi connectivity index (χ0v) is 9.64. The molecule has 1 aliphatic carbocycles. The van der Waals surface area contributed by atoms with E-state index in [0.29, 0.717) is 11.7 Å². The van der Waals surface area contributed by atoms with E-state index in [4.69, 9.17) is 0 Å². The zero-order valence-electron chi connectivity index (χ0n) is 9.64. The molecule has 0 aromatic carbocycles. The van der Waals surface area contributed by atoms with Gasteiger partial charge in [0, 0.05) is 26.2 Å². The fourth-order valence-corrected chi connectivity index (χ4v) is 1.79. The molecule has 1 aliphatic rings. The van der Waals surface area contributed by atoms with Crippen LogP contribution in [0.2, 0.25) is 0 Å². The quantitative estimate of drug-likeness (QED) is 0.718. The Hall–Kier alpha value is -1.58. The van der Waals surface area contributed by atoms with Gasteiger partial charge in [-0.15, -0.1) is 0 Å². The molecule has 1 aromatic heterocycles. The van der Waals surface area contributed by atoms with Crippen LogP contribution in [-0.2, 0) is 11.3 Å². The molecule has 86 valence electrons. The molecule has 1 aromatic rings. The average molecular weight is 220 g/mol. The topological polar surface area (TPSA) is 42.3 Å². The van der Waals surface area contributed by atoms with E-state index in [0.717, 1.165) is 12.8 Å². The minimum absolute atomic E-state index is 0.00752. The van der Waals surface area contributed by atoms with E-state index < -0.39 is 0 Å². The van der Waals surface area contributed by atoms with Gasteiger partial charge in [-0.05, 0) is 25.0 Å². The molecule has 0 atom stereocenters. The molecule has 1 amide bonds. The summed E-state index contributed by atoms with van der Waals surface area (Å²) in [7, 11) is 1.83. The van der Waals surface area contributed by atoms with Gasteiger partial charge in [0.05, 0.1) is 5.69 Å². The molecule has 0 radical (unpaired) electrons. The van der Waals surface area contributed by atoms with Gasteiger partial charge in [-0.25, -0.2) is 0 Å². The smallest absolute Gasteiger partial charge is 0.242 e. The van der Waals surface area contributed by atoms with E-state index >= 15 is 0 Å². The Bertz CT molecular complexity index is 418. The fourth-order valence-electron chi connectivity index (χ4n) is 1.79. The lowest BCUT2D eigenvalue weighted by Gasteiger charge is -2.17. The maximum absolute atomic E-state index is 11.9. The van der Waals surface area contributed by atoms with Crippen LogP contribution < -0.4 is 0 Å². The van der Waals surface area contributed by atoms with E-state index in [9.17, 15) is 9.59 Å². The Kier molecular flexibility index (Phi) is 2.81. The van der Waals surface area contributed by atoms with Crippen molar-refractivity contribution in [1.29, 1.82) is 0 Å². The van der Waals surface area contributed by atoms with Gasteiger partial charge in [0.1, 0.15) is 6.54 Å². The lowest BCUT2D eigenvalue weighted by Crippen LogP contribution is -2.32. The minimum Gasteiger partial charge on any atom is -0.341 e. The molecule has 0 unspecified atom stereocenters. The molecule has 0 spiro atoms. The third-order valence-corrected chi connectivity index (χ3v) is 2.98. The average Bonchev–Trinajstić information content (AvgIpc) is 2.97. The Balaban J connectivity index is 2.05. The predicted octanol–water partition coefficient (Wildman–Crippen LogP) is 1.31. The molecule has 0 bridgehead atoms. The van der Waals surface area contributed by atoms with Gasteiger partial charge < -0.3 is 9.47 Å². The van der Waals surface area contributed by atoms with Crippen molar-refractivity contribution in [3.8, 4) is 0 Å². The van der Waals surface area contributed by atoms with Gasteiger partial charge in [0.15, 0.2) is 5.78 Å². The standard InChI is InChI=1S/C12H16N2O2/c1-9(15)11-4-3-7-14(11)8-12(16)13(2)10-5-6-10/h3-4,7,10H,5-6,8H2,1-2H3. The van der Waals surface area contributed by atoms with E-state index in [1.807, 2.05) is 7.05 Å². The van der Waals surface area contributed by atoms with E-state index in [1.54, 1.807) is 27.8 Å². The number of Topliss-reactive ketones (excluding diaryl/α,β-unsaturated/α-hetero) is 1. The first-order valence-corrected chi connectivity index (χ1v) is 5.51. The van der Waals surface area contributed by atoms with Crippen molar-refractivity contribution in [2.24, 2.45) is 0 Å². The summed E-state index contributed by atoms with van der Waals surface area (Å²) < 4.78 is 1.71. The number of aromatic nitrogens is 1. The van der Waals surface area contributed by atoms with Crippen LogP contribution in [0.15, 0.2) is 18.3 Å². The molecule has 0 N–H and O–H groups in total. The second kappa shape index (κ2) is 4.12. The normalized spacial score (nSPS) is 14.9. The highest BCUT2D eigenvalue weighted by molar-refractivity contribution is 5.93. The van der Waals surface area contributed by atoms with Crippen LogP contribution in [0.25, 0.3) is 0 Å². The lowest BCUT2D eigenvalue weighted by molar-refractivity contribution is -0.131. The molecule has 1 heterocycles. The van der Waals surface area contributed by atoms with Gasteiger partial charge in [0.25, 0.3) is 0 Å². The Morgan fingerprint density at radius 2 is 2.19 bits per heavy atom. The third kappa shape index (κ3) is 2.15. The summed E-state index contributed by atoms with van der Waals surface area (Å²) in [5.74, 6) is 0.0630. The van der Waals surface area contributed by atoms with E-state index in [1.165, 1.54) is 6.92 Å². The number of carbonyl (C=O) groups excluding carboxylic acids is 2. The van der Waals surface area contributed by atoms with Crippen LogP contribution in [0.1, 0.15) is 30.3 Å². The van der Waals surface area contributed by atoms with Gasteiger partial charge in [0.2, 0.25) is 5.91 Å². The van der Waals surface area contributed by atoms with Crippen molar-refractivity contribution in [3.05, 3.63) is 24.0 Å². The molecule has 4 nitrogen and oxygen atoms in total. The second-order valence-corrected chi connectivity index (χ2v) is 4.31. The summed E-state index contributed by atoms with van der Waals surface area (Å²) in [4.78, 5) is 24.9. The Morgan fingerprint density at radius 1 is 1.50 bits per heavy atom. The van der Waals surface area contributed by atoms with Crippen molar-refractivity contribution < 1.29 is 9.59 Å². The summed E-state index contributed by atoms with van der Waals surface area (Å²) in [6.07, 6.45) is 3.98. The SMILES string of the molecule is CC(=O)c1cccn1CC(=O)N(C)C1CC1. The first-order valence-electron chi connectivity index (χ1n) is 5.51. The van der Waals surface area contributed by atoms with Crippen LogP contribution in [0.4, 0.5) is 0 Å². The number of nitrogens with zero attached hydrogens (tertiary/aromatic N) is 2. The fraction of sp³-hybridized carbons (Fsp3) is 0.500. The van der Waals surface area contributed by atoms with Crippen molar-refractivity contribution in [2.45, 2.75) is 32.4 Å². The maximum atomic E-state index is 11.9. The second-order valence-electron chi connectivity index (χ2n) is 4.31. The van der Waals surface area contributed by atoms with Crippen molar-refractivity contribution in [2.75, 3.05) is 7.05 Å². The van der Waals surface area contributed by atoms with Crippen LogP contribution in [0.3, 0.4) is 0 Å². The van der Waals surface area contributed by atoms with Crippen LogP contribution in [0.5, 0.6) is 0 Å². The summed E-state index contributed by atoms with van der Waals surface area (Å²) >= 11 is 0. The number of likely N-dealkylation sites (N-methyl/N-ethyl adjacent to an activating group) is 1. The highest BCUT2D eigenvalue weighted by Gasteiger charge is 2.29. The molecular weight excluding hydrogens is 204 g/mol. The van der Waals surface area contributed by atoms with Crippen LogP contribution in [0, 0.1) is 0 Å². The Morgan fingerprint density at radius 3 is 2.75 bits per heavy atom. The summed E-state index contributed by atoms with van der Waals surface area (Å²) in [5, 5.41) is 0. The zero-order chi connectivity index (χ0) is 11.7. The molecular formula is C12H16N2O2. The van der Waals surface area contributed by atoms with Gasteiger partial charge in [-0.2, -0.15) is 0 Å². The molecule has 0 saturated heterocycles. The van der Waals surface area contributed by atoms with E-state index in [2.05, 4.69) is 0 Å². The molecule has 2 rings (SSSR count). The van der Waals surface area contributed by atoms with Gasteiger partial charge in [-0.1, -0.05) is 0 Å². The molecule has 4 heteroatoms. The third-order valence-electron chi connectivity index (χ3n) is 2.98. The van der Waals surface area contributed by atoms with Crippen molar-refractivity contribution in [1.82, 2.24) is 9.47 Å². The highest BCUT2D eigenvalue weighted by Crippen LogP contribution is 2.25. The summed E-state index contributed by atoms with van der Waals surface area (Å²) in [6, 6.07) is 3.96. The van der Waals surface area contributed by atoms with Crippen molar-refractivity contribution in [3.63, 3.8) is 0 Å². The summed E-state index contributed by atoms with van der Waals surface area (Å²) in [6.45, 7) is 1.77. The molecule has 1 fully saturated rings. The maximum Gasteiger partial charge on any atom is 0.242 e. The largest absolute Gasteiger partial charge is 0.341 e. The number of amides is 1. The minimum atomic E-state index is -0.00752. The van der Waals surface area contributed by atoms with Crippen LogP contribution >= 0.6 is 0 Å². The van der Waals surface area contributed by atoms with Crippen LogP contribution in [-0.4, -0.2) is 34.2 Å². The first kappa shape index (κ1) is 10.9. The van der Waals surface area contributed by atoms with Gasteiger partial charge in [-0.3, -0.25) is 9.59 Å². The number of hydrogen-bond donors (Lipinski definition) is 0. The van der Waals surface area contributed by atoms with Crippen molar-refractivity contribution >= 4 is 11.7 Å². The molecule has 16 heavy (non-hydrogen) atoms. The predicted molar refractivity (Wildman–Crippen MR) is 60.2 cm³/mol. The van der Waals surface area contributed by atoms with Gasteiger partial charge >= 0.3 is 0 Å². The number of rotatable bonds is 4. The monoisotopic (exact) mass is 220 g/mol. The molecule has 1 saturated carbocycles. The summed E-state index contributed by atoms with van der Waals surface area (Å²) in [5.41, 5.74) is 0.595. The number of carbonyl (C=O) groups is 2. The molecule has 0 aliphatic heterocycles. The van der Waals surface area contributed by atoms with E-state index in [-0.39, 0.29) is 18.2 Å². The Labute approximate surface area is 94.8 Å². The number of hydrogen-bond acceptors (Lipinski definition) is 2. The lowest BCUT2D eigenvalue weighted by atomic mass is 10.3.